The minimum absolute atomic E-state index is 0. The van der Waals surface area contributed by atoms with Crippen molar-refractivity contribution in [3.8, 4) is 6.07 Å². The zero-order valence-electron chi connectivity index (χ0n) is 17.4. The number of β-amino-alcohol motifs (C(OH)–C–C–N with tert-alkyl or cyclic N) is 1. The zero-order valence-corrected chi connectivity index (χ0v) is 18.4. The Bertz CT molecular complexity index is 1120. The first kappa shape index (κ1) is 21.7. The van der Waals surface area contributed by atoms with Crippen LogP contribution in [0.4, 0.5) is 0 Å². The number of aromatic nitrogens is 4. The maximum absolute atomic E-state index is 12.9. The average molecular weight is 441 g/mol. The molecule has 164 valence electrons. The molecular weight excluding hydrogens is 412 g/mol. The van der Waals surface area contributed by atoms with Crippen LogP contribution in [0.1, 0.15) is 50.4 Å². The lowest BCUT2D eigenvalue weighted by Crippen LogP contribution is -2.32. The van der Waals surface area contributed by atoms with Crippen LogP contribution in [-0.2, 0) is 11.2 Å². The highest BCUT2D eigenvalue weighted by Crippen LogP contribution is 2.38. The highest BCUT2D eigenvalue weighted by Gasteiger charge is 2.30. The number of carbonyl (C=O) groups excluding carboxylic acids is 1. The van der Waals surface area contributed by atoms with Crippen molar-refractivity contribution in [3.63, 3.8) is 0 Å². The van der Waals surface area contributed by atoms with Crippen molar-refractivity contribution in [1.29, 1.82) is 5.26 Å². The van der Waals surface area contributed by atoms with Gasteiger partial charge in [-0.15, -0.1) is 0 Å². The third kappa shape index (κ3) is 4.02. The van der Waals surface area contributed by atoms with Crippen LogP contribution in [0.2, 0.25) is 0 Å². The van der Waals surface area contributed by atoms with Crippen molar-refractivity contribution in [2.45, 2.75) is 57.1 Å². The number of carbonyl (C=O) groups is 1. The second-order valence-electron chi connectivity index (χ2n) is 8.63. The number of nitriles is 1. The van der Waals surface area contributed by atoms with E-state index in [9.17, 15) is 9.90 Å². The molecule has 1 aliphatic carbocycles. The standard InChI is InChI=1S/C22H26N6O2.H2S/c23-8-5-14-1-3-15(4-2-14)28-19(11-20(30)27-10-7-16(29)13-27)26-18-12-25-22-17(21(18)28)6-9-24-22;/h6,9,12,14-16,29H,1-5,7,10-11,13H2,(H,24,25);1H2/t14?,15?,16-;/m0./s1. The van der Waals surface area contributed by atoms with Crippen molar-refractivity contribution < 1.29 is 9.90 Å². The van der Waals surface area contributed by atoms with Gasteiger partial charge in [0, 0.05) is 37.1 Å². The van der Waals surface area contributed by atoms with E-state index in [1.165, 1.54) is 0 Å². The minimum Gasteiger partial charge on any atom is -0.391 e. The van der Waals surface area contributed by atoms with E-state index in [4.69, 9.17) is 10.2 Å². The SMILES string of the molecule is N#CCC1CCC(n2c(CC(=O)N3CC[C@H](O)C3)nc3cnc4[nH]ccc4c32)CC1.S. The summed E-state index contributed by atoms with van der Waals surface area (Å²) in [7, 11) is 0. The Morgan fingerprint density at radius 2 is 2.10 bits per heavy atom. The first-order chi connectivity index (χ1) is 14.6. The summed E-state index contributed by atoms with van der Waals surface area (Å²) in [6, 6.07) is 4.59. The van der Waals surface area contributed by atoms with Crippen molar-refractivity contribution >= 4 is 41.5 Å². The van der Waals surface area contributed by atoms with E-state index in [-0.39, 0.29) is 31.9 Å². The molecule has 3 aromatic rings. The lowest BCUT2D eigenvalue weighted by atomic mass is 9.84. The number of aliphatic hydroxyl groups is 1. The van der Waals surface area contributed by atoms with E-state index in [2.05, 4.69) is 20.6 Å². The van der Waals surface area contributed by atoms with Crippen molar-refractivity contribution in [1.82, 2.24) is 24.4 Å². The predicted octanol–water partition coefficient (Wildman–Crippen LogP) is 2.81. The molecule has 3 aromatic heterocycles. The Morgan fingerprint density at radius 1 is 1.29 bits per heavy atom. The number of rotatable bonds is 4. The second-order valence-corrected chi connectivity index (χ2v) is 8.63. The minimum atomic E-state index is -0.424. The number of likely N-dealkylation sites (tertiary alicyclic amines) is 1. The van der Waals surface area contributed by atoms with Gasteiger partial charge in [-0.3, -0.25) is 4.79 Å². The fourth-order valence-electron chi connectivity index (χ4n) is 5.11. The molecule has 1 atom stereocenters. The average Bonchev–Trinajstić information content (AvgIpc) is 3.46. The number of nitrogens with zero attached hydrogens (tertiary/aromatic N) is 5. The molecule has 0 bridgehead atoms. The Balaban J connectivity index is 0.00000231. The van der Waals surface area contributed by atoms with Gasteiger partial charge < -0.3 is 19.6 Å². The summed E-state index contributed by atoms with van der Waals surface area (Å²) in [5, 5.41) is 19.9. The predicted molar refractivity (Wildman–Crippen MR) is 122 cm³/mol. The van der Waals surface area contributed by atoms with Crippen LogP contribution in [0.15, 0.2) is 18.5 Å². The number of amides is 1. The molecule has 31 heavy (non-hydrogen) atoms. The topological polar surface area (TPSA) is 111 Å². The summed E-state index contributed by atoms with van der Waals surface area (Å²) in [4.78, 5) is 27.1. The fourth-order valence-corrected chi connectivity index (χ4v) is 5.11. The van der Waals surface area contributed by atoms with Crippen LogP contribution >= 0.6 is 13.5 Å². The van der Waals surface area contributed by atoms with Gasteiger partial charge in [-0.2, -0.15) is 18.8 Å². The molecule has 8 nitrogen and oxygen atoms in total. The molecule has 1 amide bonds. The molecular formula is C22H28N6O2S. The summed E-state index contributed by atoms with van der Waals surface area (Å²) in [5.74, 6) is 1.25. The Hall–Kier alpha value is -2.57. The summed E-state index contributed by atoms with van der Waals surface area (Å²) in [6.45, 7) is 1.01. The Labute approximate surface area is 187 Å². The fraction of sp³-hybridized carbons (Fsp3) is 0.545. The first-order valence-electron chi connectivity index (χ1n) is 10.8. The molecule has 1 saturated heterocycles. The first-order valence-corrected chi connectivity index (χ1v) is 10.8. The summed E-state index contributed by atoms with van der Waals surface area (Å²) in [6.07, 6.45) is 8.72. The van der Waals surface area contributed by atoms with Crippen LogP contribution in [0.25, 0.3) is 22.1 Å². The summed E-state index contributed by atoms with van der Waals surface area (Å²) in [5.41, 5.74) is 2.67. The maximum Gasteiger partial charge on any atom is 0.230 e. The van der Waals surface area contributed by atoms with Gasteiger partial charge in [-0.05, 0) is 44.1 Å². The van der Waals surface area contributed by atoms with Crippen LogP contribution in [0.5, 0.6) is 0 Å². The van der Waals surface area contributed by atoms with Crippen LogP contribution < -0.4 is 0 Å². The Kier molecular flexibility index (Phi) is 6.21. The number of fused-ring (bicyclic) bond motifs is 3. The number of imidazole rings is 1. The summed E-state index contributed by atoms with van der Waals surface area (Å²) >= 11 is 0. The smallest absolute Gasteiger partial charge is 0.230 e. The maximum atomic E-state index is 12.9. The number of aliphatic hydroxyl groups excluding tert-OH is 1. The molecule has 1 saturated carbocycles. The number of aromatic amines is 1. The van der Waals surface area contributed by atoms with Crippen LogP contribution in [0.3, 0.4) is 0 Å². The molecule has 0 spiro atoms. The van der Waals surface area contributed by atoms with E-state index in [1.807, 2.05) is 12.3 Å². The van der Waals surface area contributed by atoms with Crippen LogP contribution in [0, 0.1) is 17.2 Å². The summed E-state index contributed by atoms with van der Waals surface area (Å²) < 4.78 is 2.26. The molecule has 4 heterocycles. The molecule has 0 aromatic carbocycles. The van der Waals surface area contributed by atoms with E-state index < -0.39 is 6.10 Å². The largest absolute Gasteiger partial charge is 0.391 e. The molecule has 2 fully saturated rings. The van der Waals surface area contributed by atoms with Gasteiger partial charge >= 0.3 is 0 Å². The molecule has 0 unspecified atom stereocenters. The third-order valence-electron chi connectivity index (χ3n) is 6.69. The Morgan fingerprint density at radius 3 is 2.81 bits per heavy atom. The number of pyridine rings is 1. The van der Waals surface area contributed by atoms with E-state index in [0.29, 0.717) is 31.8 Å². The molecule has 2 N–H and O–H groups in total. The van der Waals surface area contributed by atoms with Crippen molar-refractivity contribution in [2.24, 2.45) is 5.92 Å². The lowest BCUT2D eigenvalue weighted by Gasteiger charge is -2.30. The lowest BCUT2D eigenvalue weighted by molar-refractivity contribution is -0.129. The number of hydrogen-bond acceptors (Lipinski definition) is 5. The second kappa shape index (κ2) is 8.89. The number of nitrogens with one attached hydrogen (secondary N) is 1. The van der Waals surface area contributed by atoms with E-state index >= 15 is 0 Å². The van der Waals surface area contributed by atoms with Gasteiger partial charge in [0.25, 0.3) is 0 Å². The highest BCUT2D eigenvalue weighted by molar-refractivity contribution is 7.59. The van der Waals surface area contributed by atoms with Gasteiger partial charge in [-0.25, -0.2) is 9.97 Å². The van der Waals surface area contributed by atoms with Crippen LogP contribution in [-0.4, -0.2) is 54.6 Å². The van der Waals surface area contributed by atoms with E-state index in [1.54, 1.807) is 11.1 Å². The van der Waals surface area contributed by atoms with Gasteiger partial charge in [0.1, 0.15) is 17.0 Å². The quantitative estimate of drug-likeness (QED) is 0.648. The van der Waals surface area contributed by atoms with Gasteiger partial charge in [-0.1, -0.05) is 0 Å². The normalized spacial score (nSPS) is 23.7. The molecule has 2 aliphatic rings. The van der Waals surface area contributed by atoms with E-state index in [0.717, 1.165) is 53.6 Å². The molecule has 0 radical (unpaired) electrons. The van der Waals surface area contributed by atoms with Gasteiger partial charge in [0.2, 0.25) is 5.91 Å². The number of H-pyrrole nitrogens is 1. The monoisotopic (exact) mass is 440 g/mol. The molecule has 5 rings (SSSR count). The van der Waals surface area contributed by atoms with Crippen molar-refractivity contribution in [3.05, 3.63) is 24.3 Å². The highest BCUT2D eigenvalue weighted by atomic mass is 32.1. The van der Waals surface area contributed by atoms with Crippen molar-refractivity contribution in [2.75, 3.05) is 13.1 Å². The molecule has 9 heteroatoms. The molecule has 1 aliphatic heterocycles. The van der Waals surface area contributed by atoms with Gasteiger partial charge in [0.05, 0.1) is 30.3 Å². The zero-order chi connectivity index (χ0) is 20.7. The van der Waals surface area contributed by atoms with Gasteiger partial charge in [0.15, 0.2) is 0 Å². The number of hydrogen-bond donors (Lipinski definition) is 2. The third-order valence-corrected chi connectivity index (χ3v) is 6.69.